The molecule has 6 heteroatoms. The second-order valence-corrected chi connectivity index (χ2v) is 3.98. The minimum Gasteiger partial charge on any atom is -0.481 e. The Hall–Kier alpha value is -1.62. The molecule has 0 unspecified atom stereocenters. The first-order valence-electron chi connectivity index (χ1n) is 4.80. The number of amides is 1. The van der Waals surface area contributed by atoms with E-state index in [1.165, 1.54) is 30.1 Å². The average Bonchev–Trinajstić information content (AvgIpc) is 2.22. The molecule has 17 heavy (non-hydrogen) atoms. The topological polar surface area (TPSA) is 57.6 Å². The van der Waals surface area contributed by atoms with Gasteiger partial charge >= 0.3 is 5.97 Å². The molecule has 0 saturated heterocycles. The van der Waals surface area contributed by atoms with E-state index in [1.807, 2.05) is 0 Å². The fourth-order valence-corrected chi connectivity index (χ4v) is 1.47. The molecule has 0 bridgehead atoms. The number of hydrogen-bond donors (Lipinski definition) is 1. The molecule has 92 valence electrons. The second kappa shape index (κ2) is 5.63. The van der Waals surface area contributed by atoms with Crippen molar-refractivity contribution in [2.75, 3.05) is 7.05 Å². The summed E-state index contributed by atoms with van der Waals surface area (Å²) in [5.74, 6) is -2.23. The number of nitrogens with zero attached hydrogens (tertiary/aromatic N) is 1. The van der Waals surface area contributed by atoms with Crippen molar-refractivity contribution in [1.29, 1.82) is 0 Å². The molecule has 0 radical (unpaired) electrons. The second-order valence-electron chi connectivity index (χ2n) is 3.57. The van der Waals surface area contributed by atoms with Crippen LogP contribution in [0.25, 0.3) is 0 Å². The normalized spacial score (nSPS) is 10.1. The zero-order valence-electron chi connectivity index (χ0n) is 9.11. The van der Waals surface area contributed by atoms with Crippen LogP contribution in [0.15, 0.2) is 18.2 Å². The smallest absolute Gasteiger partial charge is 0.312 e. The van der Waals surface area contributed by atoms with Gasteiger partial charge in [0, 0.05) is 13.6 Å². The largest absolute Gasteiger partial charge is 0.481 e. The molecular weight excluding hydrogens is 249 g/mol. The number of benzene rings is 1. The Bertz CT molecular complexity index is 450. The van der Waals surface area contributed by atoms with Crippen molar-refractivity contribution >= 4 is 23.5 Å². The molecule has 0 fully saturated rings. The van der Waals surface area contributed by atoms with Crippen molar-refractivity contribution in [2.24, 2.45) is 0 Å². The maximum Gasteiger partial charge on any atom is 0.312 e. The number of carboxylic acid groups (broad SMARTS) is 1. The van der Waals surface area contributed by atoms with E-state index >= 15 is 0 Å². The molecule has 1 N–H and O–H groups in total. The fourth-order valence-electron chi connectivity index (χ4n) is 1.26. The minimum absolute atomic E-state index is 0.0263. The predicted molar refractivity (Wildman–Crippen MR) is 60.1 cm³/mol. The molecule has 0 heterocycles. The monoisotopic (exact) mass is 259 g/mol. The summed E-state index contributed by atoms with van der Waals surface area (Å²) >= 11 is 5.59. The van der Waals surface area contributed by atoms with Crippen LogP contribution >= 0.6 is 11.6 Å². The van der Waals surface area contributed by atoms with Gasteiger partial charge in [-0.3, -0.25) is 9.59 Å². The third kappa shape index (κ3) is 4.03. The number of carboxylic acids is 1. The Morgan fingerprint density at radius 3 is 2.65 bits per heavy atom. The molecule has 0 aliphatic carbocycles. The highest BCUT2D eigenvalue weighted by Gasteiger charge is 2.13. The lowest BCUT2D eigenvalue weighted by molar-refractivity contribution is -0.143. The molecule has 0 atom stereocenters. The lowest BCUT2D eigenvalue weighted by atomic mass is 10.2. The van der Waals surface area contributed by atoms with E-state index in [2.05, 4.69) is 0 Å². The van der Waals surface area contributed by atoms with E-state index in [0.717, 1.165) is 0 Å². The summed E-state index contributed by atoms with van der Waals surface area (Å²) in [5.41, 5.74) is 0.637. The third-order valence-electron chi connectivity index (χ3n) is 2.13. The van der Waals surface area contributed by atoms with Crippen LogP contribution < -0.4 is 0 Å². The summed E-state index contributed by atoms with van der Waals surface area (Å²) in [6.07, 6.45) is -0.564. The van der Waals surface area contributed by atoms with Gasteiger partial charge in [0.1, 0.15) is 12.2 Å². The molecule has 1 rings (SSSR count). The summed E-state index contributed by atoms with van der Waals surface area (Å²) in [5, 5.41) is 8.43. The highest BCUT2D eigenvalue weighted by atomic mass is 35.5. The average molecular weight is 260 g/mol. The molecule has 0 saturated carbocycles. The van der Waals surface area contributed by atoms with Gasteiger partial charge in [0.2, 0.25) is 5.91 Å². The number of halogens is 2. The minimum atomic E-state index is -1.18. The standard InChI is InChI=1S/C11H11ClFNO3/c1-14(10(15)5-11(16)17)6-7-2-3-9(13)8(12)4-7/h2-4H,5-6H2,1H3,(H,16,17). The molecular formula is C11H11ClFNO3. The van der Waals surface area contributed by atoms with E-state index in [-0.39, 0.29) is 11.6 Å². The molecule has 4 nitrogen and oxygen atoms in total. The molecule has 1 amide bonds. The first-order chi connectivity index (χ1) is 7.90. The van der Waals surface area contributed by atoms with Gasteiger partial charge < -0.3 is 10.0 Å². The van der Waals surface area contributed by atoms with Crippen molar-refractivity contribution in [3.63, 3.8) is 0 Å². The van der Waals surface area contributed by atoms with Gasteiger partial charge in [0.25, 0.3) is 0 Å². The Morgan fingerprint density at radius 2 is 2.12 bits per heavy atom. The van der Waals surface area contributed by atoms with Crippen molar-refractivity contribution in [2.45, 2.75) is 13.0 Å². The van der Waals surface area contributed by atoms with E-state index < -0.39 is 24.1 Å². The van der Waals surface area contributed by atoms with E-state index in [0.29, 0.717) is 5.56 Å². The predicted octanol–water partition coefficient (Wildman–Crippen LogP) is 1.91. The van der Waals surface area contributed by atoms with Crippen molar-refractivity contribution in [1.82, 2.24) is 4.90 Å². The highest BCUT2D eigenvalue weighted by molar-refractivity contribution is 6.30. The quantitative estimate of drug-likeness (QED) is 0.841. The van der Waals surface area contributed by atoms with Crippen LogP contribution in [0.1, 0.15) is 12.0 Å². The van der Waals surface area contributed by atoms with Gasteiger partial charge in [-0.25, -0.2) is 4.39 Å². The van der Waals surface area contributed by atoms with Gasteiger partial charge in [0.05, 0.1) is 5.02 Å². The van der Waals surface area contributed by atoms with Crippen molar-refractivity contribution < 1.29 is 19.1 Å². The molecule has 0 aliphatic heterocycles. The van der Waals surface area contributed by atoms with E-state index in [1.54, 1.807) is 0 Å². The summed E-state index contributed by atoms with van der Waals surface area (Å²) in [6, 6.07) is 4.10. The van der Waals surface area contributed by atoms with Crippen molar-refractivity contribution in [3.8, 4) is 0 Å². The molecule has 1 aromatic rings. The molecule has 0 aromatic heterocycles. The Labute approximate surface area is 103 Å². The van der Waals surface area contributed by atoms with Crippen LogP contribution in [0.2, 0.25) is 5.02 Å². The number of rotatable bonds is 4. The van der Waals surface area contributed by atoms with Crippen LogP contribution in [-0.2, 0) is 16.1 Å². The van der Waals surface area contributed by atoms with Crippen molar-refractivity contribution in [3.05, 3.63) is 34.6 Å². The lowest BCUT2D eigenvalue weighted by Gasteiger charge is -2.16. The molecule has 0 spiro atoms. The van der Waals surface area contributed by atoms with Crippen LogP contribution in [0, 0.1) is 5.82 Å². The SMILES string of the molecule is CN(Cc1ccc(F)c(Cl)c1)C(=O)CC(=O)O. The van der Waals surface area contributed by atoms with Gasteiger partial charge in [-0.2, -0.15) is 0 Å². The van der Waals surface area contributed by atoms with E-state index in [9.17, 15) is 14.0 Å². The van der Waals surface area contributed by atoms with E-state index in [4.69, 9.17) is 16.7 Å². The third-order valence-corrected chi connectivity index (χ3v) is 2.42. The number of aliphatic carboxylic acids is 1. The van der Waals surface area contributed by atoms with Crippen LogP contribution in [0.3, 0.4) is 0 Å². The maximum atomic E-state index is 12.9. The zero-order chi connectivity index (χ0) is 13.0. The summed E-state index contributed by atoms with van der Waals surface area (Å²) in [7, 11) is 1.47. The number of hydrogen-bond acceptors (Lipinski definition) is 2. The van der Waals surface area contributed by atoms with Gasteiger partial charge in [-0.05, 0) is 17.7 Å². The molecule has 1 aromatic carbocycles. The first-order valence-corrected chi connectivity index (χ1v) is 5.17. The van der Waals surface area contributed by atoms with Gasteiger partial charge in [-0.15, -0.1) is 0 Å². The number of carbonyl (C=O) groups excluding carboxylic acids is 1. The van der Waals surface area contributed by atoms with Crippen LogP contribution in [-0.4, -0.2) is 28.9 Å². The highest BCUT2D eigenvalue weighted by Crippen LogP contribution is 2.17. The van der Waals surface area contributed by atoms with Crippen LogP contribution in [0.5, 0.6) is 0 Å². The van der Waals surface area contributed by atoms with Gasteiger partial charge in [0.15, 0.2) is 0 Å². The van der Waals surface area contributed by atoms with Crippen LogP contribution in [0.4, 0.5) is 4.39 Å². The Balaban J connectivity index is 2.67. The zero-order valence-corrected chi connectivity index (χ0v) is 9.87. The van der Waals surface area contributed by atoms with Gasteiger partial charge in [-0.1, -0.05) is 17.7 Å². The lowest BCUT2D eigenvalue weighted by Crippen LogP contribution is -2.28. The Morgan fingerprint density at radius 1 is 1.47 bits per heavy atom. The summed E-state index contributed by atoms with van der Waals surface area (Å²) in [4.78, 5) is 22.9. The molecule has 0 aliphatic rings. The summed E-state index contributed by atoms with van der Waals surface area (Å²) in [6.45, 7) is 0.187. The first kappa shape index (κ1) is 13.4. The Kier molecular flexibility index (Phi) is 4.45. The summed E-state index contributed by atoms with van der Waals surface area (Å²) < 4.78 is 12.9. The fraction of sp³-hybridized carbons (Fsp3) is 0.273. The number of carbonyl (C=O) groups is 2. The maximum absolute atomic E-state index is 12.9.